The zero-order valence-corrected chi connectivity index (χ0v) is 14.2. The van der Waals surface area contributed by atoms with Crippen molar-refractivity contribution in [3.63, 3.8) is 0 Å². The molecule has 1 saturated carbocycles. The maximum Gasteiger partial charge on any atom is 3.00 e. The fourth-order valence-electron chi connectivity index (χ4n) is 1.58. The molecule has 3 rings (SSSR count). The largest absolute Gasteiger partial charge is 3.00 e. The molecule has 0 aromatic rings. The van der Waals surface area contributed by atoms with Crippen LogP contribution in [-0.4, -0.2) is 0 Å². The van der Waals surface area contributed by atoms with Crippen LogP contribution in [0.1, 0.15) is 44.9 Å². The Morgan fingerprint density at radius 2 is 1.28 bits per heavy atom. The van der Waals surface area contributed by atoms with E-state index in [1.165, 1.54) is 32.1 Å². The summed E-state index contributed by atoms with van der Waals surface area (Å²) in [7, 11) is 0. The van der Waals surface area contributed by atoms with Gasteiger partial charge in [-0.3, -0.25) is 12.2 Å². The summed E-state index contributed by atoms with van der Waals surface area (Å²) >= 11 is 0. The van der Waals surface area contributed by atoms with E-state index in [1.54, 1.807) is 0 Å². The van der Waals surface area contributed by atoms with E-state index in [1.807, 2.05) is 24.3 Å². The Bertz CT molecular complexity index is 207. The summed E-state index contributed by atoms with van der Waals surface area (Å²) in [6.45, 7) is 0. The molecule has 1 fully saturated rings. The van der Waals surface area contributed by atoms with Crippen molar-refractivity contribution in [3.8, 4) is 0 Å². The molecule has 0 bridgehead atoms. The second-order valence-electron chi connectivity index (χ2n) is 3.93. The maximum atomic E-state index is 2.99. The van der Waals surface area contributed by atoms with Crippen LogP contribution in [0.3, 0.4) is 0 Å². The van der Waals surface area contributed by atoms with E-state index in [-0.39, 0.29) is 38.6 Å². The number of hydrogen-bond donors (Lipinski definition) is 0. The molecule has 0 unspecified atom stereocenters. The van der Waals surface area contributed by atoms with E-state index < -0.39 is 0 Å². The van der Waals surface area contributed by atoms with Crippen LogP contribution >= 0.6 is 12.4 Å². The summed E-state index contributed by atoms with van der Waals surface area (Å²) in [6, 6.07) is 0. The first-order valence-electron chi connectivity index (χ1n) is 6.25. The van der Waals surface area contributed by atoms with Crippen LogP contribution in [0.4, 0.5) is 0 Å². The number of halogens is 1. The van der Waals surface area contributed by atoms with Gasteiger partial charge in [0, 0.05) is 0 Å². The zero-order chi connectivity index (χ0) is 11.3. The first-order chi connectivity index (χ1) is 8.00. The predicted molar refractivity (Wildman–Crippen MR) is 77.8 cm³/mol. The van der Waals surface area contributed by atoms with Gasteiger partial charge in [0.2, 0.25) is 0 Å². The quantitative estimate of drug-likeness (QED) is 0.532. The number of allylic oxidation sites excluding steroid dienone is 8. The maximum absolute atomic E-state index is 2.99. The van der Waals surface area contributed by atoms with E-state index in [2.05, 4.69) is 30.7 Å². The van der Waals surface area contributed by atoms with E-state index >= 15 is 0 Å². The predicted octanol–water partition coefficient (Wildman–Crippen LogP) is 5.19. The van der Waals surface area contributed by atoms with Crippen LogP contribution in [0.2, 0.25) is 0 Å². The second-order valence-corrected chi connectivity index (χ2v) is 3.93. The summed E-state index contributed by atoms with van der Waals surface area (Å²) in [5.41, 5.74) is 0. The SMILES string of the molecule is Cl.[C-]1=CC=CC1.[C-]1=CC=CC1.[CH-]1CCCCC1.[Zr+3]. The Kier molecular flexibility index (Phi) is 19.5. The van der Waals surface area contributed by atoms with Gasteiger partial charge in [0.1, 0.15) is 0 Å². The van der Waals surface area contributed by atoms with Gasteiger partial charge in [0.25, 0.3) is 0 Å². The molecular weight excluding hydrogens is 319 g/mol. The summed E-state index contributed by atoms with van der Waals surface area (Å²) in [5, 5.41) is 0. The van der Waals surface area contributed by atoms with Crippen LogP contribution in [0.25, 0.3) is 0 Å². The molecule has 0 saturated heterocycles. The van der Waals surface area contributed by atoms with Gasteiger partial charge < -0.3 is 6.42 Å². The Morgan fingerprint density at radius 1 is 0.778 bits per heavy atom. The fourth-order valence-corrected chi connectivity index (χ4v) is 1.58. The van der Waals surface area contributed by atoms with Gasteiger partial charge in [-0.25, -0.2) is 24.3 Å². The molecule has 2 heteroatoms. The summed E-state index contributed by atoms with van der Waals surface area (Å²) in [6.07, 6.45) is 29.5. The Labute approximate surface area is 138 Å². The van der Waals surface area contributed by atoms with Gasteiger partial charge in [-0.15, -0.1) is 25.2 Å². The normalized spacial score (nSPS) is 17.8. The van der Waals surface area contributed by atoms with Crippen molar-refractivity contribution >= 4 is 12.4 Å². The minimum atomic E-state index is 0. The monoisotopic (exact) mass is 339 g/mol. The molecule has 0 aliphatic heterocycles. The first-order valence-corrected chi connectivity index (χ1v) is 6.25. The Morgan fingerprint density at radius 3 is 1.39 bits per heavy atom. The van der Waals surface area contributed by atoms with Gasteiger partial charge in [-0.05, 0) is 0 Å². The smallest absolute Gasteiger partial charge is 0.328 e. The molecule has 18 heavy (non-hydrogen) atoms. The molecule has 3 aliphatic carbocycles. The van der Waals surface area contributed by atoms with Crippen LogP contribution in [0.15, 0.2) is 36.5 Å². The standard InChI is InChI=1S/C6H11.2C5H5.ClH.Zr/c1-2-4-6-5-3-1;2*1-2-4-5-3-1;;/h1H,2-6H2;2*1-3H,4H2;1H;/q3*-1;;+3. The third-order valence-electron chi connectivity index (χ3n) is 2.49. The minimum Gasteiger partial charge on any atom is -0.328 e. The number of rotatable bonds is 0. The molecule has 0 spiro atoms. The van der Waals surface area contributed by atoms with Gasteiger partial charge in [-0.2, -0.15) is 25.0 Å². The molecule has 0 atom stereocenters. The fraction of sp³-hybridized carbons (Fsp3) is 0.438. The van der Waals surface area contributed by atoms with Crippen molar-refractivity contribution in [2.75, 3.05) is 0 Å². The first kappa shape index (κ1) is 20.5. The third kappa shape index (κ3) is 14.2. The van der Waals surface area contributed by atoms with Crippen molar-refractivity contribution in [1.29, 1.82) is 0 Å². The van der Waals surface area contributed by atoms with Gasteiger partial charge in [-0.1, -0.05) is 19.3 Å². The minimum absolute atomic E-state index is 0. The average molecular weight is 341 g/mol. The Balaban J connectivity index is 0. The molecule has 97 valence electrons. The summed E-state index contributed by atoms with van der Waals surface area (Å²) in [5.74, 6) is 0. The molecule has 1 radical (unpaired) electrons. The molecule has 0 nitrogen and oxygen atoms in total. The van der Waals surface area contributed by atoms with E-state index in [4.69, 9.17) is 0 Å². The van der Waals surface area contributed by atoms with Crippen LogP contribution in [0, 0.1) is 18.6 Å². The summed E-state index contributed by atoms with van der Waals surface area (Å²) in [4.78, 5) is 0. The van der Waals surface area contributed by atoms with Crippen LogP contribution in [0.5, 0.6) is 0 Å². The second kappa shape index (κ2) is 17.1. The van der Waals surface area contributed by atoms with Crippen molar-refractivity contribution in [2.45, 2.75) is 44.9 Å². The van der Waals surface area contributed by atoms with E-state index in [0.717, 1.165) is 12.8 Å². The topological polar surface area (TPSA) is 0 Å². The Hall–Kier alpha value is 0.133. The molecule has 3 aliphatic rings. The van der Waals surface area contributed by atoms with Crippen molar-refractivity contribution in [1.82, 2.24) is 0 Å². The average Bonchev–Trinajstić information content (AvgIpc) is 3.10. The van der Waals surface area contributed by atoms with Gasteiger partial charge in [0.15, 0.2) is 0 Å². The number of hydrogen-bond acceptors (Lipinski definition) is 0. The van der Waals surface area contributed by atoms with Gasteiger partial charge >= 0.3 is 26.2 Å². The van der Waals surface area contributed by atoms with Crippen molar-refractivity contribution < 1.29 is 26.2 Å². The van der Waals surface area contributed by atoms with Crippen molar-refractivity contribution in [2.24, 2.45) is 0 Å². The molecule has 0 aromatic heterocycles. The molecule has 0 amide bonds. The molecule has 0 N–H and O–H groups in total. The molecule has 0 heterocycles. The van der Waals surface area contributed by atoms with E-state index in [0.29, 0.717) is 0 Å². The molecule has 0 aromatic carbocycles. The van der Waals surface area contributed by atoms with Crippen LogP contribution < -0.4 is 0 Å². The molecular formula is C16H22ClZr. The third-order valence-corrected chi connectivity index (χ3v) is 2.49. The van der Waals surface area contributed by atoms with Gasteiger partial charge in [0.05, 0.1) is 0 Å². The van der Waals surface area contributed by atoms with E-state index in [9.17, 15) is 0 Å². The van der Waals surface area contributed by atoms with Crippen LogP contribution in [-0.2, 0) is 26.2 Å². The summed E-state index contributed by atoms with van der Waals surface area (Å²) < 4.78 is 0. The van der Waals surface area contributed by atoms with Crippen molar-refractivity contribution in [3.05, 3.63) is 55.0 Å². The zero-order valence-electron chi connectivity index (χ0n) is 10.9.